The van der Waals surface area contributed by atoms with Crippen LogP contribution in [0.5, 0.6) is 0 Å². The van der Waals surface area contributed by atoms with Gasteiger partial charge in [0.2, 0.25) is 5.91 Å². The minimum atomic E-state index is -0.102. The molecule has 0 N–H and O–H groups in total. The van der Waals surface area contributed by atoms with E-state index in [1.165, 1.54) is 11.6 Å². The van der Waals surface area contributed by atoms with E-state index in [-0.39, 0.29) is 12.0 Å². The predicted molar refractivity (Wildman–Crippen MR) is 68.0 cm³/mol. The first kappa shape index (κ1) is 11.9. The van der Waals surface area contributed by atoms with Gasteiger partial charge in [0.05, 0.1) is 6.10 Å². The average Bonchev–Trinajstić information content (AvgIpc) is 2.91. The summed E-state index contributed by atoms with van der Waals surface area (Å²) >= 11 is 0. The molecular weight excluding hydrogens is 214 g/mol. The van der Waals surface area contributed by atoms with E-state index in [4.69, 9.17) is 4.74 Å². The van der Waals surface area contributed by atoms with E-state index < -0.39 is 0 Å². The van der Waals surface area contributed by atoms with Gasteiger partial charge < -0.3 is 9.64 Å². The highest BCUT2D eigenvalue weighted by atomic mass is 16.5. The maximum absolute atomic E-state index is 11.4. The lowest BCUT2D eigenvalue weighted by Gasteiger charge is -2.16. The molecule has 0 aliphatic carbocycles. The number of nitrogens with zero attached hydrogens (tertiary/aromatic N) is 1. The van der Waals surface area contributed by atoms with Crippen molar-refractivity contribution >= 4 is 11.6 Å². The number of likely N-dealkylation sites (N-methyl/N-ethyl adjacent to an activating group) is 1. The summed E-state index contributed by atoms with van der Waals surface area (Å²) in [4.78, 5) is 13.0. The summed E-state index contributed by atoms with van der Waals surface area (Å²) in [6, 6.07) is 7.94. The number of benzene rings is 1. The molecule has 1 unspecified atom stereocenters. The number of hydrogen-bond donors (Lipinski definition) is 0. The largest absolute Gasteiger partial charge is 0.374 e. The van der Waals surface area contributed by atoms with Crippen molar-refractivity contribution in [1.82, 2.24) is 0 Å². The molecule has 3 heteroatoms. The molecule has 1 saturated heterocycles. The molecule has 0 bridgehead atoms. The molecule has 1 aromatic carbocycles. The third-order valence-electron chi connectivity index (χ3n) is 3.09. The highest BCUT2D eigenvalue weighted by Crippen LogP contribution is 2.29. The smallest absolute Gasteiger partial charge is 0.250 e. The summed E-state index contributed by atoms with van der Waals surface area (Å²) < 4.78 is 5.61. The monoisotopic (exact) mass is 231 g/mol. The van der Waals surface area contributed by atoms with Gasteiger partial charge in [0.15, 0.2) is 0 Å². The molecule has 0 radical (unpaired) electrons. The van der Waals surface area contributed by atoms with Crippen LogP contribution in [-0.2, 0) is 9.53 Å². The molecule has 2 rings (SSSR count). The van der Waals surface area contributed by atoms with E-state index in [1.807, 2.05) is 24.3 Å². The molecule has 1 aromatic rings. The standard InChI is InChI=1S/C14H17NO2/c1-3-14(16)15(2)12-8-6-11(7-9-12)13-5-4-10-17-13/h3,6-9,13H,1,4-5,10H2,2H3. The van der Waals surface area contributed by atoms with Crippen molar-refractivity contribution in [2.24, 2.45) is 0 Å². The minimum absolute atomic E-state index is 0.102. The fourth-order valence-electron chi connectivity index (χ4n) is 2.02. The number of ether oxygens (including phenoxy) is 1. The molecule has 1 atom stereocenters. The molecule has 17 heavy (non-hydrogen) atoms. The third kappa shape index (κ3) is 2.56. The van der Waals surface area contributed by atoms with E-state index in [0.717, 1.165) is 25.1 Å². The van der Waals surface area contributed by atoms with Gasteiger partial charge in [0.1, 0.15) is 0 Å². The van der Waals surface area contributed by atoms with Crippen molar-refractivity contribution in [1.29, 1.82) is 0 Å². The van der Waals surface area contributed by atoms with E-state index in [2.05, 4.69) is 6.58 Å². The number of carbonyl (C=O) groups excluding carboxylic acids is 1. The summed E-state index contributed by atoms with van der Waals surface area (Å²) in [6.07, 6.45) is 3.75. The van der Waals surface area contributed by atoms with E-state index >= 15 is 0 Å². The van der Waals surface area contributed by atoms with Crippen molar-refractivity contribution in [3.8, 4) is 0 Å². The second-order valence-electron chi connectivity index (χ2n) is 4.19. The Balaban J connectivity index is 2.12. The molecule has 1 fully saturated rings. The Bertz CT molecular complexity index is 405. The average molecular weight is 231 g/mol. The normalized spacial score (nSPS) is 19.0. The van der Waals surface area contributed by atoms with Crippen molar-refractivity contribution < 1.29 is 9.53 Å². The lowest BCUT2D eigenvalue weighted by molar-refractivity contribution is -0.113. The topological polar surface area (TPSA) is 29.5 Å². The molecule has 0 spiro atoms. The maximum atomic E-state index is 11.4. The number of amides is 1. The summed E-state index contributed by atoms with van der Waals surface area (Å²) in [5.41, 5.74) is 2.06. The molecule has 90 valence electrons. The Morgan fingerprint density at radius 2 is 2.18 bits per heavy atom. The van der Waals surface area contributed by atoms with E-state index in [9.17, 15) is 4.79 Å². The van der Waals surface area contributed by atoms with Gasteiger partial charge in [0, 0.05) is 19.3 Å². The SMILES string of the molecule is C=CC(=O)N(C)c1ccc(C2CCCO2)cc1. The van der Waals surface area contributed by atoms with Gasteiger partial charge in [-0.25, -0.2) is 0 Å². The molecule has 0 saturated carbocycles. The van der Waals surface area contributed by atoms with Gasteiger partial charge >= 0.3 is 0 Å². The Labute approximate surface area is 102 Å². The summed E-state index contributed by atoms with van der Waals surface area (Å²) in [5, 5.41) is 0. The van der Waals surface area contributed by atoms with Crippen LogP contribution in [0.3, 0.4) is 0 Å². The molecule has 1 aliphatic heterocycles. The van der Waals surface area contributed by atoms with Crippen molar-refractivity contribution in [2.75, 3.05) is 18.6 Å². The minimum Gasteiger partial charge on any atom is -0.374 e. The Kier molecular flexibility index (Phi) is 3.59. The number of hydrogen-bond acceptors (Lipinski definition) is 2. The predicted octanol–water partition coefficient (Wildman–Crippen LogP) is 2.69. The van der Waals surface area contributed by atoms with Crippen LogP contribution in [0.15, 0.2) is 36.9 Å². The third-order valence-corrected chi connectivity index (χ3v) is 3.09. The second-order valence-corrected chi connectivity index (χ2v) is 4.19. The number of carbonyl (C=O) groups is 1. The highest BCUT2D eigenvalue weighted by Gasteiger charge is 2.17. The van der Waals surface area contributed by atoms with Crippen LogP contribution in [0, 0.1) is 0 Å². The van der Waals surface area contributed by atoms with Crippen LogP contribution in [0.2, 0.25) is 0 Å². The number of anilines is 1. The molecule has 1 heterocycles. The Morgan fingerprint density at radius 3 is 2.71 bits per heavy atom. The fourth-order valence-corrected chi connectivity index (χ4v) is 2.02. The highest BCUT2D eigenvalue weighted by molar-refractivity contribution is 6.00. The lowest BCUT2D eigenvalue weighted by Crippen LogP contribution is -2.23. The summed E-state index contributed by atoms with van der Waals surface area (Å²) in [6.45, 7) is 4.33. The van der Waals surface area contributed by atoms with Crippen LogP contribution >= 0.6 is 0 Å². The fraction of sp³-hybridized carbons (Fsp3) is 0.357. The zero-order valence-corrected chi connectivity index (χ0v) is 10.1. The van der Waals surface area contributed by atoms with Gasteiger partial charge in [0.25, 0.3) is 0 Å². The molecule has 3 nitrogen and oxygen atoms in total. The Morgan fingerprint density at radius 1 is 1.47 bits per heavy atom. The van der Waals surface area contributed by atoms with E-state index in [1.54, 1.807) is 11.9 Å². The van der Waals surface area contributed by atoms with Gasteiger partial charge in [-0.15, -0.1) is 0 Å². The first-order chi connectivity index (χ1) is 8.22. The van der Waals surface area contributed by atoms with Crippen LogP contribution in [0.25, 0.3) is 0 Å². The summed E-state index contributed by atoms with van der Waals surface area (Å²) in [5.74, 6) is -0.102. The van der Waals surface area contributed by atoms with Gasteiger partial charge in [-0.1, -0.05) is 18.7 Å². The van der Waals surface area contributed by atoms with Crippen LogP contribution in [-0.4, -0.2) is 19.6 Å². The van der Waals surface area contributed by atoms with Crippen LogP contribution in [0.1, 0.15) is 24.5 Å². The lowest BCUT2D eigenvalue weighted by atomic mass is 10.1. The second kappa shape index (κ2) is 5.15. The van der Waals surface area contributed by atoms with Crippen LogP contribution < -0.4 is 4.90 Å². The van der Waals surface area contributed by atoms with Gasteiger partial charge in [-0.05, 0) is 36.6 Å². The number of rotatable bonds is 3. The maximum Gasteiger partial charge on any atom is 0.250 e. The molecular formula is C14H17NO2. The zero-order valence-electron chi connectivity index (χ0n) is 10.1. The van der Waals surface area contributed by atoms with Crippen molar-refractivity contribution in [3.63, 3.8) is 0 Å². The van der Waals surface area contributed by atoms with E-state index in [0.29, 0.717) is 0 Å². The first-order valence-electron chi connectivity index (χ1n) is 5.84. The first-order valence-corrected chi connectivity index (χ1v) is 5.84. The van der Waals surface area contributed by atoms with Gasteiger partial charge in [-0.2, -0.15) is 0 Å². The van der Waals surface area contributed by atoms with Crippen molar-refractivity contribution in [2.45, 2.75) is 18.9 Å². The Hall–Kier alpha value is -1.61. The quantitative estimate of drug-likeness (QED) is 0.748. The molecule has 1 aliphatic rings. The molecule has 0 aromatic heterocycles. The zero-order chi connectivity index (χ0) is 12.3. The van der Waals surface area contributed by atoms with Crippen molar-refractivity contribution in [3.05, 3.63) is 42.5 Å². The van der Waals surface area contributed by atoms with Crippen LogP contribution in [0.4, 0.5) is 5.69 Å². The molecule has 1 amide bonds. The van der Waals surface area contributed by atoms with Gasteiger partial charge in [-0.3, -0.25) is 4.79 Å². The summed E-state index contributed by atoms with van der Waals surface area (Å²) in [7, 11) is 1.74.